The highest BCUT2D eigenvalue weighted by atomic mass is 31.0. The summed E-state index contributed by atoms with van der Waals surface area (Å²) in [6.07, 6.45) is 0. The van der Waals surface area contributed by atoms with Crippen molar-refractivity contribution in [1.82, 2.24) is 0 Å². The van der Waals surface area contributed by atoms with Crippen molar-refractivity contribution in [3.05, 3.63) is 101 Å². The van der Waals surface area contributed by atoms with Crippen molar-refractivity contribution in [3.8, 4) is 28.4 Å². The predicted octanol–water partition coefficient (Wildman–Crippen LogP) is 4.86. The third kappa shape index (κ3) is 2.66. The number of methoxy groups -OCH3 is 1. The maximum Gasteiger partial charge on any atom is 0.167 e. The van der Waals surface area contributed by atoms with Crippen molar-refractivity contribution in [2.75, 3.05) is 12.8 Å². The van der Waals surface area contributed by atoms with Crippen molar-refractivity contribution in [1.29, 1.82) is 0 Å². The molecule has 0 aromatic heterocycles. The molecule has 0 heterocycles. The van der Waals surface area contributed by atoms with E-state index in [4.69, 9.17) is 10.5 Å². The first-order valence-corrected chi connectivity index (χ1v) is 10.9. The Hall–Kier alpha value is -3.49. The normalized spacial score (nSPS) is 13.5. The molecule has 4 aromatic carbocycles. The Bertz CT molecular complexity index is 1290. The van der Waals surface area contributed by atoms with Crippen LogP contribution in [0.2, 0.25) is 0 Å². The van der Waals surface area contributed by atoms with Gasteiger partial charge in [0.1, 0.15) is 5.75 Å². The zero-order chi connectivity index (χ0) is 22.6. The zero-order valence-corrected chi connectivity index (χ0v) is 19.0. The van der Waals surface area contributed by atoms with Crippen LogP contribution in [-0.4, -0.2) is 17.3 Å². The fraction of sp³-hybridized carbons (Fsp3) is 0.111. The summed E-state index contributed by atoms with van der Waals surface area (Å²) in [6.45, 7) is 1.85. The maximum atomic E-state index is 10.8. The van der Waals surface area contributed by atoms with Crippen molar-refractivity contribution in [3.63, 3.8) is 0 Å². The van der Waals surface area contributed by atoms with E-state index in [1.165, 1.54) is 0 Å². The molecule has 0 bridgehead atoms. The molecular formula is C27H24NO3P. The van der Waals surface area contributed by atoms with E-state index >= 15 is 0 Å². The van der Waals surface area contributed by atoms with Gasteiger partial charge in [0.2, 0.25) is 0 Å². The number of nitrogens with two attached hydrogens (primary N) is 1. The number of benzene rings is 4. The second kappa shape index (κ2) is 7.29. The Morgan fingerprint density at radius 2 is 1.41 bits per heavy atom. The quantitative estimate of drug-likeness (QED) is 0.212. The Morgan fingerprint density at radius 1 is 0.844 bits per heavy atom. The molecule has 1 atom stereocenters. The minimum absolute atomic E-state index is 0.0692. The van der Waals surface area contributed by atoms with Gasteiger partial charge in [-0.1, -0.05) is 54.6 Å². The molecule has 4 N–H and O–H groups in total. The van der Waals surface area contributed by atoms with E-state index in [1.807, 2.05) is 49.4 Å². The van der Waals surface area contributed by atoms with Gasteiger partial charge in [-0.3, -0.25) is 0 Å². The topological polar surface area (TPSA) is 75.7 Å². The minimum atomic E-state index is -0.727. The summed E-state index contributed by atoms with van der Waals surface area (Å²) >= 11 is 0. The fourth-order valence-electron chi connectivity index (χ4n) is 5.12. The lowest BCUT2D eigenvalue weighted by atomic mass is 9.67. The van der Waals surface area contributed by atoms with Gasteiger partial charge in [0.15, 0.2) is 11.5 Å². The lowest BCUT2D eigenvalue weighted by Gasteiger charge is -2.35. The first-order chi connectivity index (χ1) is 15.4. The van der Waals surface area contributed by atoms with Gasteiger partial charge in [-0.2, -0.15) is 0 Å². The molecular weight excluding hydrogens is 417 g/mol. The highest BCUT2D eigenvalue weighted by molar-refractivity contribution is 7.27. The number of rotatable bonds is 3. The number of aromatic hydroxyl groups is 2. The van der Waals surface area contributed by atoms with Crippen LogP contribution in [0.25, 0.3) is 11.1 Å². The highest BCUT2D eigenvalue weighted by Crippen LogP contribution is 2.57. The van der Waals surface area contributed by atoms with Crippen molar-refractivity contribution >= 4 is 20.2 Å². The lowest BCUT2D eigenvalue weighted by Crippen LogP contribution is -2.29. The summed E-state index contributed by atoms with van der Waals surface area (Å²) in [5, 5.41) is 22.0. The SMILES string of the molecule is COc1c(O)cc(C2(c3cc(C)c(O)c(N)c3)c3ccccc3-c3ccccc32)cc1P. The highest BCUT2D eigenvalue weighted by Gasteiger charge is 2.46. The van der Waals surface area contributed by atoms with Crippen LogP contribution in [0.15, 0.2) is 72.8 Å². The van der Waals surface area contributed by atoms with E-state index in [9.17, 15) is 10.2 Å². The molecule has 0 saturated carbocycles. The molecule has 32 heavy (non-hydrogen) atoms. The zero-order valence-electron chi connectivity index (χ0n) is 17.9. The van der Waals surface area contributed by atoms with Gasteiger partial charge in [-0.25, -0.2) is 0 Å². The van der Waals surface area contributed by atoms with Crippen LogP contribution in [-0.2, 0) is 5.41 Å². The summed E-state index contributed by atoms with van der Waals surface area (Å²) in [5.74, 6) is 0.586. The molecule has 160 valence electrons. The number of aryl methyl sites for hydroxylation is 1. The Balaban J connectivity index is 1.98. The van der Waals surface area contributed by atoms with E-state index < -0.39 is 5.41 Å². The van der Waals surface area contributed by atoms with Gasteiger partial charge in [-0.15, -0.1) is 9.24 Å². The van der Waals surface area contributed by atoms with Crippen molar-refractivity contribution in [2.45, 2.75) is 12.3 Å². The van der Waals surface area contributed by atoms with Crippen LogP contribution in [0.3, 0.4) is 0 Å². The first-order valence-electron chi connectivity index (χ1n) is 10.4. The molecule has 0 spiro atoms. The first kappa shape index (κ1) is 20.4. The van der Waals surface area contributed by atoms with Crippen LogP contribution in [0.5, 0.6) is 17.2 Å². The maximum absolute atomic E-state index is 10.8. The number of phenols is 2. The van der Waals surface area contributed by atoms with Gasteiger partial charge >= 0.3 is 0 Å². The van der Waals surface area contributed by atoms with Gasteiger partial charge in [0.25, 0.3) is 0 Å². The molecule has 1 aliphatic rings. The number of fused-ring (bicyclic) bond motifs is 3. The number of anilines is 1. The standard InChI is InChI=1S/C27H24NO3P/c1-15-11-16(12-22(28)25(15)30)27(17-13-23(29)26(31-2)24(32)14-17)20-9-5-3-7-18(20)19-8-4-6-10-21(19)27/h3-14,29-30H,28,32H2,1-2H3. The second-order valence-corrected chi connectivity index (χ2v) is 8.81. The predicted molar refractivity (Wildman–Crippen MR) is 132 cm³/mol. The lowest BCUT2D eigenvalue weighted by molar-refractivity contribution is 0.376. The molecule has 4 nitrogen and oxygen atoms in total. The Kier molecular flexibility index (Phi) is 4.65. The molecule has 0 fully saturated rings. The number of hydrogen-bond donors (Lipinski definition) is 3. The second-order valence-electron chi connectivity index (χ2n) is 8.19. The average molecular weight is 441 g/mol. The molecule has 5 rings (SSSR count). The van der Waals surface area contributed by atoms with E-state index in [0.29, 0.717) is 17.0 Å². The van der Waals surface area contributed by atoms with E-state index in [0.717, 1.165) is 38.7 Å². The summed E-state index contributed by atoms with van der Waals surface area (Å²) in [5.41, 5.74) is 12.8. The monoisotopic (exact) mass is 441 g/mol. The molecule has 0 radical (unpaired) electrons. The van der Waals surface area contributed by atoms with Crippen LogP contribution in [0.1, 0.15) is 27.8 Å². The minimum Gasteiger partial charge on any atom is -0.506 e. The number of hydrogen-bond acceptors (Lipinski definition) is 4. The Labute approximate surface area is 189 Å². The molecule has 0 amide bonds. The van der Waals surface area contributed by atoms with Gasteiger partial charge in [0.05, 0.1) is 18.2 Å². The average Bonchev–Trinajstić information content (AvgIpc) is 3.08. The van der Waals surface area contributed by atoms with Crippen LogP contribution in [0.4, 0.5) is 5.69 Å². The van der Waals surface area contributed by atoms with Gasteiger partial charge in [0, 0.05) is 5.30 Å². The van der Waals surface area contributed by atoms with Crippen LogP contribution in [0, 0.1) is 6.92 Å². The van der Waals surface area contributed by atoms with Crippen molar-refractivity contribution in [2.24, 2.45) is 0 Å². The molecule has 1 unspecified atom stereocenters. The number of ether oxygens (including phenoxy) is 1. The van der Waals surface area contributed by atoms with Crippen LogP contribution < -0.4 is 15.8 Å². The fourth-order valence-corrected chi connectivity index (χ4v) is 5.57. The third-order valence-electron chi connectivity index (χ3n) is 6.45. The largest absolute Gasteiger partial charge is 0.506 e. The summed E-state index contributed by atoms with van der Waals surface area (Å²) < 4.78 is 5.40. The van der Waals surface area contributed by atoms with Gasteiger partial charge < -0.3 is 20.7 Å². The van der Waals surface area contributed by atoms with E-state index in [1.54, 1.807) is 13.2 Å². The van der Waals surface area contributed by atoms with Crippen molar-refractivity contribution < 1.29 is 14.9 Å². The van der Waals surface area contributed by atoms with Crippen LogP contribution >= 0.6 is 9.24 Å². The number of nitrogen functional groups attached to an aromatic ring is 1. The molecule has 0 aliphatic heterocycles. The number of phenolic OH excluding ortho intramolecular Hbond substituents is 2. The summed E-state index contributed by atoms with van der Waals surface area (Å²) in [7, 11) is 4.20. The molecule has 4 aromatic rings. The van der Waals surface area contributed by atoms with E-state index in [2.05, 4.69) is 33.5 Å². The van der Waals surface area contributed by atoms with Gasteiger partial charge in [-0.05, 0) is 64.1 Å². The molecule has 1 aliphatic carbocycles. The summed E-state index contributed by atoms with van der Waals surface area (Å²) in [4.78, 5) is 0. The third-order valence-corrected chi connectivity index (χ3v) is 6.88. The molecule has 0 saturated heterocycles. The smallest absolute Gasteiger partial charge is 0.167 e. The Morgan fingerprint density at radius 3 is 1.94 bits per heavy atom. The van der Waals surface area contributed by atoms with E-state index in [-0.39, 0.29) is 11.5 Å². The molecule has 5 heteroatoms. The summed E-state index contributed by atoms with van der Waals surface area (Å²) in [6, 6.07) is 24.2.